The van der Waals surface area contributed by atoms with E-state index >= 15 is 0 Å². The topological polar surface area (TPSA) is 37.3 Å². The van der Waals surface area contributed by atoms with Gasteiger partial charge in [0.1, 0.15) is 0 Å². The van der Waals surface area contributed by atoms with Gasteiger partial charge in [-0.3, -0.25) is 0 Å². The molecule has 60 valence electrons. The van der Waals surface area contributed by atoms with E-state index in [2.05, 4.69) is 0 Å². The summed E-state index contributed by atoms with van der Waals surface area (Å²) in [6.45, 7) is 0. The zero-order valence-electron chi connectivity index (χ0n) is 6.46. The van der Waals surface area contributed by atoms with Gasteiger partial charge in [0.05, 0.1) is 5.56 Å². The normalized spacial score (nSPS) is 8.75. The first-order chi connectivity index (χ1) is 5.25. The first-order valence-electron chi connectivity index (χ1n) is 3.13. The second-order valence-corrected chi connectivity index (χ2v) is 2.36. The summed E-state index contributed by atoms with van der Waals surface area (Å²) in [6, 6.07) is 6.69. The van der Waals surface area contributed by atoms with E-state index in [1.54, 1.807) is 24.3 Å². The van der Waals surface area contributed by atoms with Crippen molar-refractivity contribution < 1.29 is 9.90 Å². The molecule has 2 radical (unpaired) electrons. The molecular formula is C8H7CaClO2. The molecule has 0 bridgehead atoms. The smallest absolute Gasteiger partial charge is 0.336 e. The Balaban J connectivity index is 0.00000121. The summed E-state index contributed by atoms with van der Waals surface area (Å²) < 4.78 is 0. The summed E-state index contributed by atoms with van der Waals surface area (Å²) >= 11 is 5.51. The average molecular weight is 211 g/mol. The number of benzene rings is 1. The van der Waals surface area contributed by atoms with Gasteiger partial charge < -0.3 is 5.11 Å². The standard InChI is InChI=1S/C8H7ClO2.Ca/c9-5-6-3-1-2-4-7(6)8(10)11;/h1-4H,5H2,(H,10,11);. The van der Waals surface area contributed by atoms with Crippen LogP contribution in [0.25, 0.3) is 0 Å². The quantitative estimate of drug-likeness (QED) is 0.597. The maximum absolute atomic E-state index is 10.5. The zero-order valence-corrected chi connectivity index (χ0v) is 9.42. The minimum atomic E-state index is -0.929. The minimum Gasteiger partial charge on any atom is -0.478 e. The fraction of sp³-hybridized carbons (Fsp3) is 0.125. The number of hydrogen-bond donors (Lipinski definition) is 1. The summed E-state index contributed by atoms with van der Waals surface area (Å²) in [7, 11) is 0. The molecular weight excluding hydrogens is 204 g/mol. The van der Waals surface area contributed by atoms with Gasteiger partial charge in [0.2, 0.25) is 0 Å². The van der Waals surface area contributed by atoms with Crippen LogP contribution in [-0.2, 0) is 5.88 Å². The Hall–Kier alpha value is 0.240. The van der Waals surface area contributed by atoms with Gasteiger partial charge in [-0.05, 0) is 11.6 Å². The van der Waals surface area contributed by atoms with Gasteiger partial charge in [-0.25, -0.2) is 4.79 Å². The molecule has 0 saturated carbocycles. The number of carbonyl (C=O) groups is 1. The third kappa shape index (κ3) is 2.94. The molecule has 0 atom stereocenters. The van der Waals surface area contributed by atoms with Gasteiger partial charge in [0, 0.05) is 43.6 Å². The number of alkyl halides is 1. The Morgan fingerprint density at radius 3 is 2.42 bits per heavy atom. The number of hydrogen-bond acceptors (Lipinski definition) is 1. The van der Waals surface area contributed by atoms with Crippen LogP contribution in [0, 0.1) is 0 Å². The summed E-state index contributed by atoms with van der Waals surface area (Å²) in [6.07, 6.45) is 0. The minimum absolute atomic E-state index is 0. The first-order valence-corrected chi connectivity index (χ1v) is 3.66. The van der Waals surface area contributed by atoms with Crippen molar-refractivity contribution in [2.24, 2.45) is 0 Å². The molecule has 12 heavy (non-hydrogen) atoms. The maximum atomic E-state index is 10.5. The molecule has 0 heterocycles. The third-order valence-electron chi connectivity index (χ3n) is 1.39. The van der Waals surface area contributed by atoms with Crippen molar-refractivity contribution in [3.8, 4) is 0 Å². The average Bonchev–Trinajstić information content (AvgIpc) is 2.04. The molecule has 0 fully saturated rings. The van der Waals surface area contributed by atoms with E-state index in [1.165, 1.54) is 0 Å². The zero-order chi connectivity index (χ0) is 8.27. The number of halogens is 1. The molecule has 0 aliphatic heterocycles. The van der Waals surface area contributed by atoms with E-state index in [-0.39, 0.29) is 49.2 Å². The predicted molar refractivity (Wildman–Crippen MR) is 48.7 cm³/mol. The van der Waals surface area contributed by atoms with Crippen LogP contribution in [0.4, 0.5) is 0 Å². The Morgan fingerprint density at radius 2 is 2.00 bits per heavy atom. The van der Waals surface area contributed by atoms with Crippen LogP contribution in [0.2, 0.25) is 0 Å². The van der Waals surface area contributed by atoms with Gasteiger partial charge in [-0.1, -0.05) is 18.2 Å². The molecule has 0 amide bonds. The monoisotopic (exact) mass is 210 g/mol. The van der Waals surface area contributed by atoms with Crippen molar-refractivity contribution in [2.75, 3.05) is 0 Å². The van der Waals surface area contributed by atoms with E-state index in [9.17, 15) is 4.79 Å². The molecule has 0 aliphatic rings. The Morgan fingerprint density at radius 1 is 1.42 bits per heavy atom. The molecule has 1 aromatic rings. The predicted octanol–water partition coefficient (Wildman–Crippen LogP) is 1.74. The van der Waals surface area contributed by atoms with E-state index in [1.807, 2.05) is 0 Å². The van der Waals surface area contributed by atoms with E-state index < -0.39 is 5.97 Å². The second kappa shape index (κ2) is 5.81. The molecule has 1 aromatic carbocycles. The van der Waals surface area contributed by atoms with Crippen LogP contribution >= 0.6 is 11.6 Å². The van der Waals surface area contributed by atoms with E-state index in [4.69, 9.17) is 16.7 Å². The Labute approximate surface area is 106 Å². The summed E-state index contributed by atoms with van der Waals surface area (Å²) in [5, 5.41) is 8.64. The third-order valence-corrected chi connectivity index (χ3v) is 1.68. The largest absolute Gasteiger partial charge is 0.478 e. The van der Waals surface area contributed by atoms with Crippen LogP contribution in [0.15, 0.2) is 24.3 Å². The Bertz CT molecular complexity index is 276. The first kappa shape index (κ1) is 12.2. The van der Waals surface area contributed by atoms with Gasteiger partial charge in [-0.15, -0.1) is 11.6 Å². The van der Waals surface area contributed by atoms with Crippen molar-refractivity contribution in [3.63, 3.8) is 0 Å². The molecule has 1 rings (SSSR count). The van der Waals surface area contributed by atoms with Crippen molar-refractivity contribution in [3.05, 3.63) is 35.4 Å². The maximum Gasteiger partial charge on any atom is 0.336 e. The number of aromatic carboxylic acids is 1. The molecule has 0 spiro atoms. The van der Waals surface area contributed by atoms with Gasteiger partial charge in [0.15, 0.2) is 0 Å². The van der Waals surface area contributed by atoms with Gasteiger partial charge in [0.25, 0.3) is 0 Å². The van der Waals surface area contributed by atoms with Crippen LogP contribution < -0.4 is 0 Å². The summed E-state index contributed by atoms with van der Waals surface area (Å²) in [5.41, 5.74) is 0.934. The molecule has 0 aliphatic carbocycles. The fourth-order valence-electron chi connectivity index (χ4n) is 0.845. The fourth-order valence-corrected chi connectivity index (χ4v) is 1.08. The number of carboxylic acid groups (broad SMARTS) is 1. The van der Waals surface area contributed by atoms with Gasteiger partial charge >= 0.3 is 5.97 Å². The number of rotatable bonds is 2. The summed E-state index contributed by atoms with van der Waals surface area (Å²) in [4.78, 5) is 10.5. The molecule has 0 saturated heterocycles. The van der Waals surface area contributed by atoms with Crippen molar-refractivity contribution in [2.45, 2.75) is 5.88 Å². The summed E-state index contributed by atoms with van der Waals surface area (Å²) in [5.74, 6) is -0.691. The van der Waals surface area contributed by atoms with Crippen molar-refractivity contribution in [1.82, 2.24) is 0 Å². The molecule has 1 N–H and O–H groups in total. The SMILES string of the molecule is O=C(O)c1ccccc1CCl.[Ca]. The molecule has 0 aromatic heterocycles. The van der Waals surface area contributed by atoms with Crippen LogP contribution in [-0.4, -0.2) is 48.8 Å². The van der Waals surface area contributed by atoms with Crippen LogP contribution in [0.1, 0.15) is 15.9 Å². The number of carboxylic acids is 1. The Kier molecular flexibility index (Phi) is 5.93. The molecule has 0 unspecified atom stereocenters. The van der Waals surface area contributed by atoms with Crippen molar-refractivity contribution in [1.29, 1.82) is 0 Å². The van der Waals surface area contributed by atoms with Gasteiger partial charge in [-0.2, -0.15) is 0 Å². The second-order valence-electron chi connectivity index (χ2n) is 2.10. The van der Waals surface area contributed by atoms with Crippen molar-refractivity contribution >= 4 is 55.3 Å². The molecule has 4 heteroatoms. The van der Waals surface area contributed by atoms with E-state index in [0.717, 1.165) is 0 Å². The molecule has 2 nitrogen and oxygen atoms in total. The van der Waals surface area contributed by atoms with Crippen LogP contribution in [0.5, 0.6) is 0 Å². The van der Waals surface area contributed by atoms with E-state index in [0.29, 0.717) is 5.56 Å². The van der Waals surface area contributed by atoms with Crippen LogP contribution in [0.3, 0.4) is 0 Å².